The van der Waals surface area contributed by atoms with E-state index in [-0.39, 0.29) is 0 Å². The van der Waals surface area contributed by atoms with Gasteiger partial charge in [-0.15, -0.1) is 11.3 Å². The van der Waals surface area contributed by atoms with Gasteiger partial charge in [-0.1, -0.05) is 36.4 Å². The molecule has 0 aliphatic rings. The number of hydrogen-bond donors (Lipinski definition) is 1. The van der Waals surface area contributed by atoms with Crippen LogP contribution in [0.4, 0.5) is 0 Å². The van der Waals surface area contributed by atoms with E-state index in [1.165, 1.54) is 10.4 Å². The van der Waals surface area contributed by atoms with Gasteiger partial charge < -0.3 is 14.8 Å². The minimum Gasteiger partial charge on any atom is -0.490 e. The summed E-state index contributed by atoms with van der Waals surface area (Å²) < 4.78 is 11.4. The molecule has 3 nitrogen and oxygen atoms in total. The third-order valence-corrected chi connectivity index (χ3v) is 4.35. The molecule has 0 bridgehead atoms. The van der Waals surface area contributed by atoms with Crippen molar-refractivity contribution in [2.45, 2.75) is 13.1 Å². The second-order valence-electron chi connectivity index (χ2n) is 5.34. The quantitative estimate of drug-likeness (QED) is 0.583. The lowest BCUT2D eigenvalue weighted by Crippen LogP contribution is -2.12. The highest BCUT2D eigenvalue weighted by molar-refractivity contribution is 7.09. The summed E-state index contributed by atoms with van der Waals surface area (Å²) in [6, 6.07) is 22.2. The maximum atomic E-state index is 5.77. The number of benzene rings is 2. The lowest BCUT2D eigenvalue weighted by Gasteiger charge is -2.10. The number of ether oxygens (including phenoxy) is 2. The van der Waals surface area contributed by atoms with Crippen LogP contribution in [-0.4, -0.2) is 13.2 Å². The Kier molecular flexibility index (Phi) is 6.28. The summed E-state index contributed by atoms with van der Waals surface area (Å²) in [6.45, 7) is 2.79. The number of rotatable bonds is 9. The maximum Gasteiger partial charge on any atom is 0.122 e. The van der Waals surface area contributed by atoms with Crippen molar-refractivity contribution in [2.24, 2.45) is 0 Å². The zero-order valence-corrected chi connectivity index (χ0v) is 14.3. The standard InChI is InChI=1S/C20H21NO2S/c1-2-7-18(8-3-1)22-11-12-23-19-9-4-6-17(14-19)15-21-16-20-10-5-13-24-20/h1-10,13-14,21H,11-12,15-16H2. The number of thiophene rings is 1. The predicted octanol–water partition coefficient (Wildman–Crippen LogP) is 4.50. The molecule has 0 fully saturated rings. The van der Waals surface area contributed by atoms with Crippen molar-refractivity contribution in [1.82, 2.24) is 5.32 Å². The molecule has 2 aromatic carbocycles. The summed E-state index contributed by atoms with van der Waals surface area (Å²) in [5.74, 6) is 1.75. The van der Waals surface area contributed by atoms with E-state index < -0.39 is 0 Å². The van der Waals surface area contributed by atoms with E-state index in [2.05, 4.69) is 35.0 Å². The van der Waals surface area contributed by atoms with E-state index in [0.717, 1.165) is 24.6 Å². The summed E-state index contributed by atoms with van der Waals surface area (Å²) in [5, 5.41) is 5.55. The summed E-state index contributed by atoms with van der Waals surface area (Å²) in [5.41, 5.74) is 1.22. The van der Waals surface area contributed by atoms with E-state index in [9.17, 15) is 0 Å². The van der Waals surface area contributed by atoms with Crippen LogP contribution in [0.3, 0.4) is 0 Å². The number of para-hydroxylation sites is 1. The highest BCUT2D eigenvalue weighted by Crippen LogP contribution is 2.14. The molecule has 0 spiro atoms. The summed E-state index contributed by atoms with van der Waals surface area (Å²) >= 11 is 1.77. The second-order valence-corrected chi connectivity index (χ2v) is 6.37. The molecule has 0 unspecified atom stereocenters. The lowest BCUT2D eigenvalue weighted by molar-refractivity contribution is 0.217. The largest absolute Gasteiger partial charge is 0.490 e. The Balaban J connectivity index is 1.39. The zero-order chi connectivity index (χ0) is 16.5. The molecule has 3 aromatic rings. The fraction of sp³-hybridized carbons (Fsp3) is 0.200. The van der Waals surface area contributed by atoms with E-state index in [4.69, 9.17) is 9.47 Å². The van der Waals surface area contributed by atoms with Gasteiger partial charge in [-0.05, 0) is 41.3 Å². The Labute approximate surface area is 146 Å². The number of hydrogen-bond acceptors (Lipinski definition) is 4. The van der Waals surface area contributed by atoms with Crippen molar-refractivity contribution in [3.05, 3.63) is 82.6 Å². The molecule has 1 heterocycles. The molecular weight excluding hydrogens is 318 g/mol. The first-order valence-electron chi connectivity index (χ1n) is 8.03. The van der Waals surface area contributed by atoms with Gasteiger partial charge >= 0.3 is 0 Å². The molecule has 0 amide bonds. The molecule has 1 aromatic heterocycles. The molecule has 0 saturated carbocycles. The van der Waals surface area contributed by atoms with Gasteiger partial charge in [0.15, 0.2) is 0 Å². The van der Waals surface area contributed by atoms with Crippen molar-refractivity contribution in [1.29, 1.82) is 0 Å². The average Bonchev–Trinajstić information content (AvgIpc) is 3.14. The van der Waals surface area contributed by atoms with Crippen molar-refractivity contribution in [2.75, 3.05) is 13.2 Å². The molecule has 0 atom stereocenters. The molecule has 3 rings (SSSR count). The van der Waals surface area contributed by atoms with Crippen molar-refractivity contribution < 1.29 is 9.47 Å². The SMILES string of the molecule is c1ccc(OCCOc2cccc(CNCc3cccs3)c2)cc1. The highest BCUT2D eigenvalue weighted by atomic mass is 32.1. The van der Waals surface area contributed by atoms with Crippen LogP contribution in [0.5, 0.6) is 11.5 Å². The van der Waals surface area contributed by atoms with Gasteiger partial charge in [-0.25, -0.2) is 0 Å². The summed E-state index contributed by atoms with van der Waals surface area (Å²) in [7, 11) is 0. The van der Waals surface area contributed by atoms with Gasteiger partial charge in [0.1, 0.15) is 24.7 Å². The molecule has 0 saturated heterocycles. The van der Waals surface area contributed by atoms with E-state index in [1.807, 2.05) is 42.5 Å². The molecule has 1 N–H and O–H groups in total. The van der Waals surface area contributed by atoms with Gasteiger partial charge in [-0.3, -0.25) is 0 Å². The predicted molar refractivity (Wildman–Crippen MR) is 98.7 cm³/mol. The molecule has 0 radical (unpaired) electrons. The van der Waals surface area contributed by atoms with Crippen LogP contribution in [0.25, 0.3) is 0 Å². The van der Waals surface area contributed by atoms with Crippen LogP contribution >= 0.6 is 11.3 Å². The van der Waals surface area contributed by atoms with Crippen LogP contribution in [0.15, 0.2) is 72.1 Å². The van der Waals surface area contributed by atoms with E-state index >= 15 is 0 Å². The van der Waals surface area contributed by atoms with Gasteiger partial charge in [0, 0.05) is 18.0 Å². The Morgan fingerprint density at radius 2 is 1.54 bits per heavy atom. The Morgan fingerprint density at radius 3 is 2.33 bits per heavy atom. The van der Waals surface area contributed by atoms with Crippen LogP contribution in [0, 0.1) is 0 Å². The first kappa shape index (κ1) is 16.6. The summed E-state index contributed by atoms with van der Waals surface area (Å²) in [4.78, 5) is 1.35. The van der Waals surface area contributed by atoms with Crippen LogP contribution in [-0.2, 0) is 13.1 Å². The lowest BCUT2D eigenvalue weighted by atomic mass is 10.2. The third-order valence-electron chi connectivity index (χ3n) is 3.47. The molecule has 24 heavy (non-hydrogen) atoms. The molecule has 124 valence electrons. The fourth-order valence-electron chi connectivity index (χ4n) is 2.32. The molecule has 0 aliphatic carbocycles. The fourth-order valence-corrected chi connectivity index (χ4v) is 3.00. The monoisotopic (exact) mass is 339 g/mol. The average molecular weight is 339 g/mol. The van der Waals surface area contributed by atoms with Gasteiger partial charge in [0.2, 0.25) is 0 Å². The zero-order valence-electron chi connectivity index (χ0n) is 13.5. The van der Waals surface area contributed by atoms with Crippen molar-refractivity contribution >= 4 is 11.3 Å². The second kappa shape index (κ2) is 9.11. The molecular formula is C20H21NO2S. The number of nitrogens with one attached hydrogen (secondary N) is 1. The van der Waals surface area contributed by atoms with Crippen LogP contribution in [0.1, 0.15) is 10.4 Å². The van der Waals surface area contributed by atoms with Crippen LogP contribution < -0.4 is 14.8 Å². The Hall–Kier alpha value is -2.30. The topological polar surface area (TPSA) is 30.5 Å². The van der Waals surface area contributed by atoms with Crippen molar-refractivity contribution in [3.63, 3.8) is 0 Å². The smallest absolute Gasteiger partial charge is 0.122 e. The van der Waals surface area contributed by atoms with Crippen molar-refractivity contribution in [3.8, 4) is 11.5 Å². The van der Waals surface area contributed by atoms with Gasteiger partial charge in [-0.2, -0.15) is 0 Å². The van der Waals surface area contributed by atoms with E-state index in [0.29, 0.717) is 13.2 Å². The third kappa shape index (κ3) is 5.41. The maximum absolute atomic E-state index is 5.77. The van der Waals surface area contributed by atoms with E-state index in [1.54, 1.807) is 11.3 Å². The van der Waals surface area contributed by atoms with Crippen LogP contribution in [0.2, 0.25) is 0 Å². The highest BCUT2D eigenvalue weighted by Gasteiger charge is 1.99. The Morgan fingerprint density at radius 1 is 0.750 bits per heavy atom. The molecule has 0 aliphatic heterocycles. The minimum atomic E-state index is 0.529. The Bertz CT molecular complexity index is 714. The van der Waals surface area contributed by atoms with Gasteiger partial charge in [0.05, 0.1) is 0 Å². The summed E-state index contributed by atoms with van der Waals surface area (Å²) in [6.07, 6.45) is 0. The molecule has 4 heteroatoms. The normalized spacial score (nSPS) is 10.5. The first-order chi connectivity index (χ1) is 11.9. The van der Waals surface area contributed by atoms with Gasteiger partial charge in [0.25, 0.3) is 0 Å². The minimum absolute atomic E-state index is 0.529. The first-order valence-corrected chi connectivity index (χ1v) is 8.91.